The largest absolute Gasteiger partial charge is 0.388 e. The molecule has 0 fully saturated rings. The normalized spacial score (nSPS) is 12.7. The molecule has 1 atom stereocenters. The molecule has 0 aliphatic heterocycles. The second-order valence-electron chi connectivity index (χ2n) is 4.28. The monoisotopic (exact) mass is 311 g/mol. The minimum Gasteiger partial charge on any atom is -0.388 e. The fraction of sp³-hybridized carbons (Fsp3) is 0.286. The molecule has 0 aliphatic rings. The summed E-state index contributed by atoms with van der Waals surface area (Å²) in [5.41, 5.74) is 1.50. The second kappa shape index (κ2) is 5.67. The Balaban J connectivity index is 2.16. The van der Waals surface area contributed by atoms with Gasteiger partial charge in [-0.25, -0.2) is 4.39 Å². The molecule has 1 aromatic heterocycles. The molecule has 1 N–H and O–H groups in total. The van der Waals surface area contributed by atoms with Gasteiger partial charge in [-0.05, 0) is 30.2 Å². The predicted molar refractivity (Wildman–Crippen MR) is 72.9 cm³/mol. The molecule has 0 bridgehead atoms. The van der Waals surface area contributed by atoms with E-state index in [2.05, 4.69) is 15.9 Å². The predicted octanol–water partition coefficient (Wildman–Crippen LogP) is 3.88. The molecular weight excluding hydrogens is 297 g/mol. The highest BCUT2D eigenvalue weighted by molar-refractivity contribution is 9.10. The van der Waals surface area contributed by atoms with Crippen LogP contribution in [0.5, 0.6) is 0 Å². The number of aromatic nitrogens is 1. The molecule has 0 saturated carbocycles. The van der Waals surface area contributed by atoms with Crippen LogP contribution in [-0.2, 0) is 6.54 Å². The van der Waals surface area contributed by atoms with Crippen LogP contribution in [0.15, 0.2) is 41.1 Å². The van der Waals surface area contributed by atoms with Gasteiger partial charge in [0, 0.05) is 29.0 Å². The van der Waals surface area contributed by atoms with E-state index in [0.717, 1.165) is 10.0 Å². The zero-order chi connectivity index (χ0) is 13.1. The van der Waals surface area contributed by atoms with Gasteiger partial charge >= 0.3 is 0 Å². The minimum atomic E-state index is -0.444. The van der Waals surface area contributed by atoms with Crippen LogP contribution in [0.25, 0.3) is 0 Å². The Bertz CT molecular complexity index is 538. The van der Waals surface area contributed by atoms with Crippen molar-refractivity contribution in [3.63, 3.8) is 0 Å². The molecule has 18 heavy (non-hydrogen) atoms. The second-order valence-corrected chi connectivity index (χ2v) is 5.19. The van der Waals surface area contributed by atoms with Gasteiger partial charge in [0.15, 0.2) is 0 Å². The molecule has 96 valence electrons. The van der Waals surface area contributed by atoms with E-state index < -0.39 is 6.10 Å². The van der Waals surface area contributed by atoms with Gasteiger partial charge in [-0.3, -0.25) is 0 Å². The van der Waals surface area contributed by atoms with E-state index in [4.69, 9.17) is 0 Å². The van der Waals surface area contributed by atoms with Gasteiger partial charge in [0.05, 0.1) is 6.10 Å². The van der Waals surface area contributed by atoms with Crippen molar-refractivity contribution < 1.29 is 9.50 Å². The van der Waals surface area contributed by atoms with Gasteiger partial charge in [0.2, 0.25) is 0 Å². The van der Waals surface area contributed by atoms with Gasteiger partial charge in [-0.2, -0.15) is 0 Å². The van der Waals surface area contributed by atoms with Crippen molar-refractivity contribution in [3.8, 4) is 0 Å². The summed E-state index contributed by atoms with van der Waals surface area (Å²) in [4.78, 5) is 0. The average molecular weight is 312 g/mol. The van der Waals surface area contributed by atoms with Crippen LogP contribution in [0.1, 0.15) is 30.6 Å². The highest BCUT2D eigenvalue weighted by atomic mass is 79.9. The topological polar surface area (TPSA) is 25.2 Å². The van der Waals surface area contributed by atoms with E-state index in [-0.39, 0.29) is 5.82 Å². The maximum absolute atomic E-state index is 13.7. The first kappa shape index (κ1) is 13.3. The Hall–Kier alpha value is -1.13. The lowest BCUT2D eigenvalue weighted by atomic mass is 10.1. The van der Waals surface area contributed by atoms with Gasteiger partial charge in [-0.15, -0.1) is 0 Å². The summed E-state index contributed by atoms with van der Waals surface area (Å²) in [7, 11) is 0. The smallest absolute Gasteiger partial charge is 0.129 e. The summed E-state index contributed by atoms with van der Waals surface area (Å²) in [6.07, 6.45) is 3.95. The SMILES string of the molecule is CCC(O)c1ccn(Cc2ccc(Br)cc2F)c1. The molecule has 1 heterocycles. The standard InChI is InChI=1S/C14H15BrFNO/c1-2-14(18)11-5-6-17(9-11)8-10-3-4-12(15)7-13(10)16/h3-7,9,14,18H,2,8H2,1H3. The highest BCUT2D eigenvalue weighted by Gasteiger charge is 2.08. The summed E-state index contributed by atoms with van der Waals surface area (Å²) >= 11 is 3.23. The molecule has 4 heteroatoms. The average Bonchev–Trinajstić information content (AvgIpc) is 2.80. The third-order valence-electron chi connectivity index (χ3n) is 2.91. The number of nitrogens with zero attached hydrogens (tertiary/aromatic N) is 1. The maximum Gasteiger partial charge on any atom is 0.129 e. The van der Waals surface area contributed by atoms with Crippen LogP contribution in [0.2, 0.25) is 0 Å². The first-order chi connectivity index (χ1) is 8.60. The third kappa shape index (κ3) is 3.00. The van der Waals surface area contributed by atoms with Crippen LogP contribution >= 0.6 is 15.9 Å². The maximum atomic E-state index is 13.7. The summed E-state index contributed by atoms with van der Waals surface area (Å²) in [5, 5.41) is 9.71. The number of hydrogen-bond acceptors (Lipinski definition) is 1. The summed E-state index contributed by atoms with van der Waals surface area (Å²) in [6, 6.07) is 6.91. The molecule has 2 nitrogen and oxygen atoms in total. The summed E-state index contributed by atoms with van der Waals surface area (Å²) in [6.45, 7) is 2.39. The number of aliphatic hydroxyl groups excluding tert-OH is 1. The zero-order valence-electron chi connectivity index (χ0n) is 10.1. The van der Waals surface area contributed by atoms with Crippen LogP contribution in [0, 0.1) is 5.82 Å². The first-order valence-electron chi connectivity index (χ1n) is 5.88. The number of benzene rings is 1. The molecule has 1 unspecified atom stereocenters. The quantitative estimate of drug-likeness (QED) is 0.910. The van der Waals surface area contributed by atoms with Gasteiger partial charge in [0.1, 0.15) is 5.82 Å². The minimum absolute atomic E-state index is 0.226. The number of aliphatic hydroxyl groups is 1. The van der Waals surface area contributed by atoms with Gasteiger partial charge in [-0.1, -0.05) is 28.9 Å². The number of hydrogen-bond donors (Lipinski definition) is 1. The van der Waals surface area contributed by atoms with E-state index in [1.807, 2.05) is 36.0 Å². The lowest BCUT2D eigenvalue weighted by Gasteiger charge is -2.06. The van der Waals surface area contributed by atoms with E-state index in [0.29, 0.717) is 18.5 Å². The molecule has 1 aromatic carbocycles. The van der Waals surface area contributed by atoms with Crippen molar-refractivity contribution in [3.05, 3.63) is 58.1 Å². The fourth-order valence-corrected chi connectivity index (χ4v) is 2.17. The van der Waals surface area contributed by atoms with Crippen molar-refractivity contribution in [1.82, 2.24) is 4.57 Å². The number of rotatable bonds is 4. The Morgan fingerprint density at radius 3 is 2.83 bits per heavy atom. The van der Waals surface area contributed by atoms with Crippen molar-refractivity contribution in [2.24, 2.45) is 0 Å². The molecular formula is C14H15BrFNO. The molecule has 0 spiro atoms. The van der Waals surface area contributed by atoms with Gasteiger partial charge < -0.3 is 9.67 Å². The molecule has 2 aromatic rings. The van der Waals surface area contributed by atoms with Crippen LogP contribution in [0.4, 0.5) is 4.39 Å². The van der Waals surface area contributed by atoms with Crippen molar-refractivity contribution in [2.75, 3.05) is 0 Å². The lowest BCUT2D eigenvalue weighted by molar-refractivity contribution is 0.173. The Kier molecular flexibility index (Phi) is 4.19. The highest BCUT2D eigenvalue weighted by Crippen LogP contribution is 2.19. The zero-order valence-corrected chi connectivity index (χ0v) is 11.7. The summed E-state index contributed by atoms with van der Waals surface area (Å²) in [5.74, 6) is -0.226. The molecule has 0 aliphatic carbocycles. The van der Waals surface area contributed by atoms with E-state index >= 15 is 0 Å². The third-order valence-corrected chi connectivity index (χ3v) is 3.41. The van der Waals surface area contributed by atoms with Crippen LogP contribution < -0.4 is 0 Å². The van der Waals surface area contributed by atoms with Crippen molar-refractivity contribution in [2.45, 2.75) is 26.0 Å². The first-order valence-corrected chi connectivity index (χ1v) is 6.67. The number of halogens is 2. The van der Waals surface area contributed by atoms with Crippen molar-refractivity contribution >= 4 is 15.9 Å². The lowest BCUT2D eigenvalue weighted by Crippen LogP contribution is -2.00. The molecule has 2 rings (SSSR count). The summed E-state index contributed by atoms with van der Waals surface area (Å²) < 4.78 is 16.3. The Morgan fingerprint density at radius 1 is 1.39 bits per heavy atom. The molecule has 0 radical (unpaired) electrons. The Morgan fingerprint density at radius 2 is 2.17 bits per heavy atom. The van der Waals surface area contributed by atoms with Crippen LogP contribution in [-0.4, -0.2) is 9.67 Å². The van der Waals surface area contributed by atoms with E-state index in [1.54, 1.807) is 6.07 Å². The van der Waals surface area contributed by atoms with Gasteiger partial charge in [0.25, 0.3) is 0 Å². The molecule has 0 amide bonds. The fourth-order valence-electron chi connectivity index (χ4n) is 1.84. The van der Waals surface area contributed by atoms with Crippen molar-refractivity contribution in [1.29, 1.82) is 0 Å². The van der Waals surface area contributed by atoms with E-state index in [1.165, 1.54) is 6.07 Å². The molecule has 0 saturated heterocycles. The Labute approximate surface area is 114 Å². The van der Waals surface area contributed by atoms with Crippen LogP contribution in [0.3, 0.4) is 0 Å². The van der Waals surface area contributed by atoms with E-state index in [9.17, 15) is 9.50 Å².